The van der Waals surface area contributed by atoms with Crippen molar-refractivity contribution in [1.82, 2.24) is 5.32 Å². The first-order chi connectivity index (χ1) is 7.31. The van der Waals surface area contributed by atoms with Crippen LogP contribution in [0.15, 0.2) is 18.2 Å². The van der Waals surface area contributed by atoms with Gasteiger partial charge in [-0.05, 0) is 49.5 Å². The minimum Gasteiger partial charge on any atom is -0.507 e. The number of carbonyl (C=O) groups excluding carboxylic acids is 1. The zero-order valence-corrected chi connectivity index (χ0v) is 8.57. The Morgan fingerprint density at radius 1 is 1.33 bits per heavy atom. The smallest absolute Gasteiger partial charge is 0.153 e. The van der Waals surface area contributed by atoms with Crippen molar-refractivity contribution in [3.8, 4) is 5.75 Å². The molecule has 0 aliphatic carbocycles. The topological polar surface area (TPSA) is 49.3 Å². The van der Waals surface area contributed by atoms with Gasteiger partial charge in [0.15, 0.2) is 6.29 Å². The zero-order valence-electron chi connectivity index (χ0n) is 8.57. The Kier molecular flexibility index (Phi) is 3.02. The molecule has 80 valence electrons. The molecule has 3 nitrogen and oxygen atoms in total. The molecule has 0 unspecified atom stereocenters. The van der Waals surface area contributed by atoms with Crippen LogP contribution in [0.1, 0.15) is 34.7 Å². The lowest BCUT2D eigenvalue weighted by molar-refractivity contribution is 0.112. The predicted molar refractivity (Wildman–Crippen MR) is 58.3 cm³/mol. The second kappa shape index (κ2) is 4.45. The highest BCUT2D eigenvalue weighted by atomic mass is 16.3. The first kappa shape index (κ1) is 10.2. The monoisotopic (exact) mass is 205 g/mol. The highest BCUT2D eigenvalue weighted by Crippen LogP contribution is 2.28. The number of phenolic OH excluding ortho intramolecular Hbond substituents is 1. The van der Waals surface area contributed by atoms with Gasteiger partial charge in [-0.3, -0.25) is 4.79 Å². The molecule has 1 aliphatic rings. The number of nitrogens with one attached hydrogen (secondary N) is 1. The number of hydrogen-bond donors (Lipinski definition) is 2. The van der Waals surface area contributed by atoms with E-state index in [4.69, 9.17) is 0 Å². The van der Waals surface area contributed by atoms with E-state index in [-0.39, 0.29) is 5.75 Å². The molecule has 1 heterocycles. The van der Waals surface area contributed by atoms with E-state index in [1.807, 2.05) is 6.07 Å². The van der Waals surface area contributed by atoms with Crippen molar-refractivity contribution >= 4 is 6.29 Å². The first-order valence-corrected chi connectivity index (χ1v) is 5.30. The summed E-state index contributed by atoms with van der Waals surface area (Å²) in [5.41, 5.74) is 1.51. The Morgan fingerprint density at radius 3 is 2.67 bits per heavy atom. The van der Waals surface area contributed by atoms with Crippen LogP contribution >= 0.6 is 0 Å². The van der Waals surface area contributed by atoms with Gasteiger partial charge in [0, 0.05) is 0 Å². The van der Waals surface area contributed by atoms with Gasteiger partial charge in [-0.15, -0.1) is 0 Å². The molecule has 2 N–H and O–H groups in total. The van der Waals surface area contributed by atoms with Crippen LogP contribution < -0.4 is 5.32 Å². The van der Waals surface area contributed by atoms with Crippen LogP contribution in [-0.4, -0.2) is 24.5 Å². The van der Waals surface area contributed by atoms with E-state index in [0.717, 1.165) is 31.5 Å². The zero-order chi connectivity index (χ0) is 10.7. The lowest BCUT2D eigenvalue weighted by Crippen LogP contribution is -2.26. The Hall–Kier alpha value is -1.35. The summed E-state index contributed by atoms with van der Waals surface area (Å²) < 4.78 is 0. The standard InChI is InChI=1S/C12H15NO2/c14-8-11-2-1-10(7-12(11)15)9-3-5-13-6-4-9/h1-2,7-9,13,15H,3-6H2. The number of aldehydes is 1. The summed E-state index contributed by atoms with van der Waals surface area (Å²) in [6.45, 7) is 2.06. The average Bonchev–Trinajstić information content (AvgIpc) is 2.30. The average molecular weight is 205 g/mol. The molecule has 1 saturated heterocycles. The number of aromatic hydroxyl groups is 1. The number of phenols is 1. The summed E-state index contributed by atoms with van der Waals surface area (Å²) in [6, 6.07) is 5.36. The molecule has 0 amide bonds. The lowest BCUT2D eigenvalue weighted by Gasteiger charge is -2.23. The van der Waals surface area contributed by atoms with Crippen LogP contribution in [0, 0.1) is 0 Å². The van der Waals surface area contributed by atoms with Crippen molar-refractivity contribution in [1.29, 1.82) is 0 Å². The van der Waals surface area contributed by atoms with Crippen molar-refractivity contribution in [3.05, 3.63) is 29.3 Å². The van der Waals surface area contributed by atoms with E-state index in [2.05, 4.69) is 5.32 Å². The fraction of sp³-hybridized carbons (Fsp3) is 0.417. The van der Waals surface area contributed by atoms with Crippen molar-refractivity contribution < 1.29 is 9.90 Å². The van der Waals surface area contributed by atoms with Gasteiger partial charge in [-0.25, -0.2) is 0 Å². The third-order valence-corrected chi connectivity index (χ3v) is 2.99. The number of carbonyl (C=O) groups is 1. The molecule has 0 bridgehead atoms. The highest BCUT2D eigenvalue weighted by molar-refractivity contribution is 5.79. The van der Waals surface area contributed by atoms with E-state index in [1.54, 1.807) is 12.1 Å². The Bertz CT molecular complexity index is 357. The van der Waals surface area contributed by atoms with Gasteiger partial charge in [0.05, 0.1) is 5.56 Å². The van der Waals surface area contributed by atoms with E-state index in [9.17, 15) is 9.90 Å². The van der Waals surface area contributed by atoms with Gasteiger partial charge < -0.3 is 10.4 Å². The van der Waals surface area contributed by atoms with Gasteiger partial charge in [-0.1, -0.05) is 6.07 Å². The summed E-state index contributed by atoms with van der Waals surface area (Å²) >= 11 is 0. The predicted octanol–water partition coefficient (Wildman–Crippen LogP) is 1.67. The third-order valence-electron chi connectivity index (χ3n) is 2.99. The molecular formula is C12H15NO2. The van der Waals surface area contributed by atoms with Gasteiger partial charge >= 0.3 is 0 Å². The van der Waals surface area contributed by atoms with Gasteiger partial charge in [-0.2, -0.15) is 0 Å². The van der Waals surface area contributed by atoms with Crippen molar-refractivity contribution in [3.63, 3.8) is 0 Å². The Labute approximate surface area is 89.1 Å². The molecule has 0 radical (unpaired) electrons. The summed E-state index contributed by atoms with van der Waals surface area (Å²) in [4.78, 5) is 10.5. The maximum absolute atomic E-state index is 10.5. The maximum atomic E-state index is 10.5. The van der Waals surface area contributed by atoms with Crippen LogP contribution in [0.3, 0.4) is 0 Å². The van der Waals surface area contributed by atoms with Gasteiger partial charge in [0.1, 0.15) is 5.75 Å². The molecular weight excluding hydrogens is 190 g/mol. The van der Waals surface area contributed by atoms with Crippen LogP contribution in [0.4, 0.5) is 0 Å². The fourth-order valence-corrected chi connectivity index (χ4v) is 2.07. The summed E-state index contributed by atoms with van der Waals surface area (Å²) in [7, 11) is 0. The lowest BCUT2D eigenvalue weighted by atomic mass is 9.89. The molecule has 0 spiro atoms. The van der Waals surface area contributed by atoms with Crippen LogP contribution in [0.2, 0.25) is 0 Å². The molecule has 1 aromatic carbocycles. The van der Waals surface area contributed by atoms with Crippen molar-refractivity contribution in [2.24, 2.45) is 0 Å². The Balaban J connectivity index is 2.21. The van der Waals surface area contributed by atoms with E-state index < -0.39 is 0 Å². The van der Waals surface area contributed by atoms with Crippen molar-refractivity contribution in [2.45, 2.75) is 18.8 Å². The largest absolute Gasteiger partial charge is 0.507 e. The van der Waals surface area contributed by atoms with Crippen LogP contribution in [0.25, 0.3) is 0 Å². The second-order valence-electron chi connectivity index (χ2n) is 3.96. The Morgan fingerprint density at radius 2 is 2.07 bits per heavy atom. The van der Waals surface area contributed by atoms with Crippen molar-refractivity contribution in [2.75, 3.05) is 13.1 Å². The molecule has 0 saturated carbocycles. The number of benzene rings is 1. The van der Waals surface area contributed by atoms with E-state index in [0.29, 0.717) is 17.8 Å². The molecule has 0 atom stereocenters. The molecule has 1 aromatic rings. The van der Waals surface area contributed by atoms with Gasteiger partial charge in [0.2, 0.25) is 0 Å². The third kappa shape index (κ3) is 2.18. The molecule has 15 heavy (non-hydrogen) atoms. The molecule has 1 aliphatic heterocycles. The SMILES string of the molecule is O=Cc1ccc(C2CCNCC2)cc1O. The summed E-state index contributed by atoms with van der Waals surface area (Å²) in [5.74, 6) is 0.610. The molecule has 3 heteroatoms. The van der Waals surface area contributed by atoms with Crippen LogP contribution in [-0.2, 0) is 0 Å². The number of rotatable bonds is 2. The minimum atomic E-state index is 0.0982. The maximum Gasteiger partial charge on any atom is 0.153 e. The summed E-state index contributed by atoms with van der Waals surface area (Å²) in [5, 5.41) is 12.9. The molecule has 2 rings (SSSR count). The highest BCUT2D eigenvalue weighted by Gasteiger charge is 2.16. The molecule has 1 fully saturated rings. The van der Waals surface area contributed by atoms with E-state index in [1.165, 1.54) is 0 Å². The van der Waals surface area contributed by atoms with Gasteiger partial charge in [0.25, 0.3) is 0 Å². The second-order valence-corrected chi connectivity index (χ2v) is 3.96. The first-order valence-electron chi connectivity index (χ1n) is 5.30. The minimum absolute atomic E-state index is 0.0982. The fourth-order valence-electron chi connectivity index (χ4n) is 2.07. The van der Waals surface area contributed by atoms with E-state index >= 15 is 0 Å². The number of hydrogen-bond acceptors (Lipinski definition) is 3. The summed E-state index contributed by atoms with van der Waals surface area (Å²) in [6.07, 6.45) is 2.88. The normalized spacial score (nSPS) is 17.6. The molecule has 0 aromatic heterocycles. The number of piperidine rings is 1. The quantitative estimate of drug-likeness (QED) is 0.722. The van der Waals surface area contributed by atoms with Crippen LogP contribution in [0.5, 0.6) is 5.75 Å².